The smallest absolute Gasteiger partial charge is 0.303 e. The van der Waals surface area contributed by atoms with E-state index in [9.17, 15) is 19.8 Å². The van der Waals surface area contributed by atoms with Crippen LogP contribution in [-0.2, 0) is 9.53 Å². The summed E-state index contributed by atoms with van der Waals surface area (Å²) in [6, 6.07) is 2.45. The number of hydrogen-bond acceptors (Lipinski definition) is 6. The molecule has 7 N–H and O–H groups in total. The van der Waals surface area contributed by atoms with Gasteiger partial charge in [-0.25, -0.2) is 0 Å². The van der Waals surface area contributed by atoms with Crippen molar-refractivity contribution in [3.05, 3.63) is 36.5 Å². The number of carbonyl (C=O) groups excluding carboxylic acids is 1. The van der Waals surface area contributed by atoms with Crippen molar-refractivity contribution in [2.75, 3.05) is 0 Å². The Bertz CT molecular complexity index is 640. The minimum Gasteiger partial charge on any atom is -0.481 e. The predicted molar refractivity (Wildman–Crippen MR) is 84.8 cm³/mol. The summed E-state index contributed by atoms with van der Waals surface area (Å²) in [5.41, 5.74) is 11.4. The molecular weight excluding hydrogens is 330 g/mol. The summed E-state index contributed by atoms with van der Waals surface area (Å²) in [5, 5.41) is 29.3. The number of ether oxygens (including phenoxy) is 1. The highest BCUT2D eigenvalue weighted by atomic mass is 16.6. The van der Waals surface area contributed by atoms with Gasteiger partial charge < -0.3 is 31.5 Å². The van der Waals surface area contributed by atoms with Crippen LogP contribution in [0.25, 0.3) is 0 Å². The molecule has 0 spiro atoms. The summed E-state index contributed by atoms with van der Waals surface area (Å²) in [4.78, 5) is 22.0. The van der Waals surface area contributed by atoms with E-state index in [0.717, 1.165) is 0 Å². The van der Waals surface area contributed by atoms with Gasteiger partial charge in [-0.3, -0.25) is 9.59 Å². The van der Waals surface area contributed by atoms with Crippen LogP contribution in [0.2, 0.25) is 0 Å². The fraction of sp³-hybridized carbons (Fsp3) is 0.500. The van der Waals surface area contributed by atoms with Crippen LogP contribution in [0.3, 0.4) is 0 Å². The lowest BCUT2D eigenvalue weighted by Gasteiger charge is -2.22. The zero-order valence-electron chi connectivity index (χ0n) is 13.7. The van der Waals surface area contributed by atoms with Gasteiger partial charge in [-0.15, -0.1) is 0 Å². The second-order valence-electron chi connectivity index (χ2n) is 6.22. The Morgan fingerprint density at radius 1 is 1.40 bits per heavy atom. The zero-order chi connectivity index (χ0) is 18.7. The van der Waals surface area contributed by atoms with E-state index in [4.69, 9.17) is 21.3 Å². The third kappa shape index (κ3) is 4.51. The van der Waals surface area contributed by atoms with Crippen LogP contribution in [0.5, 0.6) is 0 Å². The topological polar surface area (TPSA) is 160 Å². The van der Waals surface area contributed by atoms with Crippen molar-refractivity contribution < 1.29 is 34.2 Å². The maximum absolute atomic E-state index is 11.3. The van der Waals surface area contributed by atoms with Crippen LogP contribution < -0.4 is 16.0 Å². The summed E-state index contributed by atoms with van der Waals surface area (Å²) in [6.07, 6.45) is 0.0467. The average molecular weight is 353 g/mol. The number of nitrogens with two attached hydrogens (primary N) is 2. The average Bonchev–Trinajstić information content (AvgIpc) is 2.82. The monoisotopic (exact) mass is 353 g/mol. The number of carbonyl (C=O) groups is 2. The van der Waals surface area contributed by atoms with Gasteiger partial charge in [0.2, 0.25) is 0 Å². The Balaban J connectivity index is 2.09. The van der Waals surface area contributed by atoms with Crippen molar-refractivity contribution in [2.45, 2.75) is 43.9 Å². The van der Waals surface area contributed by atoms with Crippen LogP contribution in [0.1, 0.15) is 29.9 Å². The number of nitrogens with zero attached hydrogens (tertiary/aromatic N) is 1. The zero-order valence-corrected chi connectivity index (χ0v) is 13.7. The van der Waals surface area contributed by atoms with Gasteiger partial charge in [-0.1, -0.05) is 6.92 Å². The largest absolute Gasteiger partial charge is 0.481 e. The molecule has 0 unspecified atom stereocenters. The molecule has 1 aromatic heterocycles. The fourth-order valence-electron chi connectivity index (χ4n) is 2.71. The van der Waals surface area contributed by atoms with Gasteiger partial charge >= 0.3 is 5.97 Å². The van der Waals surface area contributed by atoms with Crippen LogP contribution in [0.15, 0.2) is 24.5 Å². The highest BCUT2D eigenvalue weighted by molar-refractivity contribution is 5.92. The van der Waals surface area contributed by atoms with E-state index >= 15 is 0 Å². The van der Waals surface area contributed by atoms with E-state index in [1.807, 2.05) is 0 Å². The van der Waals surface area contributed by atoms with E-state index in [2.05, 4.69) is 0 Å². The molecule has 0 aromatic carbocycles. The molecule has 1 fully saturated rings. The highest BCUT2D eigenvalue weighted by Crippen LogP contribution is 2.28. The van der Waals surface area contributed by atoms with E-state index < -0.39 is 42.5 Å². The Hall–Kier alpha value is -2.07. The molecule has 1 aliphatic heterocycles. The molecule has 2 rings (SSSR count). The van der Waals surface area contributed by atoms with Gasteiger partial charge in [0.25, 0.3) is 12.1 Å². The molecule has 0 aliphatic carbocycles. The maximum Gasteiger partial charge on any atom is 0.303 e. The number of aliphatic hydroxyl groups is 2. The van der Waals surface area contributed by atoms with Gasteiger partial charge in [0.15, 0.2) is 18.5 Å². The van der Waals surface area contributed by atoms with Crippen LogP contribution >= 0.6 is 0 Å². The first-order valence-corrected chi connectivity index (χ1v) is 7.85. The second-order valence-corrected chi connectivity index (χ2v) is 6.22. The minimum absolute atomic E-state index is 0.123. The number of carboxylic acids is 1. The number of aliphatic hydroxyl groups excluding tert-OH is 2. The Morgan fingerprint density at radius 3 is 2.68 bits per heavy atom. The van der Waals surface area contributed by atoms with Crippen molar-refractivity contribution in [1.29, 1.82) is 0 Å². The molecule has 1 aliphatic rings. The second kappa shape index (κ2) is 7.87. The number of aromatic nitrogens is 1. The summed E-state index contributed by atoms with van der Waals surface area (Å²) in [7, 11) is 0. The molecule has 2 heterocycles. The molecule has 0 saturated carbocycles. The molecule has 1 saturated heterocycles. The van der Waals surface area contributed by atoms with Gasteiger partial charge in [0.05, 0.1) is 6.10 Å². The van der Waals surface area contributed by atoms with Crippen molar-refractivity contribution >= 4 is 11.9 Å². The number of amides is 1. The minimum atomic E-state index is -1.25. The molecule has 25 heavy (non-hydrogen) atoms. The third-order valence-corrected chi connectivity index (χ3v) is 4.24. The van der Waals surface area contributed by atoms with Gasteiger partial charge in [0, 0.05) is 24.9 Å². The molecular formula is C16H23N3O6+. The van der Waals surface area contributed by atoms with Crippen molar-refractivity contribution in [3.63, 3.8) is 0 Å². The van der Waals surface area contributed by atoms with E-state index in [1.54, 1.807) is 19.2 Å². The SMILES string of the molecule is C[C@H](CC(=O)O)[C@H](N)[CH][C@H]1O[C@@H]([n+]2cccc(C(N)=O)c2)[C@H](O)[C@@H]1O. The molecule has 1 aromatic rings. The number of aliphatic carboxylic acids is 1. The summed E-state index contributed by atoms with van der Waals surface area (Å²) in [5.74, 6) is -1.97. The first-order chi connectivity index (χ1) is 11.7. The van der Waals surface area contributed by atoms with Gasteiger partial charge in [-0.2, -0.15) is 4.57 Å². The number of carboxylic acid groups (broad SMARTS) is 1. The quantitative estimate of drug-likeness (QED) is 0.366. The normalized spacial score (nSPS) is 28.5. The number of hydrogen-bond donors (Lipinski definition) is 5. The third-order valence-electron chi connectivity index (χ3n) is 4.24. The van der Waals surface area contributed by atoms with Crippen molar-refractivity contribution in [1.82, 2.24) is 0 Å². The van der Waals surface area contributed by atoms with Gasteiger partial charge in [-0.05, 0) is 12.0 Å². The Kier molecular flexibility index (Phi) is 6.07. The molecule has 137 valence electrons. The summed E-state index contributed by atoms with van der Waals surface area (Å²) >= 11 is 0. The van der Waals surface area contributed by atoms with Crippen LogP contribution in [-0.4, -0.2) is 51.5 Å². The lowest BCUT2D eigenvalue weighted by Crippen LogP contribution is -2.46. The summed E-state index contributed by atoms with van der Waals surface area (Å²) in [6.45, 7) is 1.68. The van der Waals surface area contributed by atoms with Crippen molar-refractivity contribution in [2.24, 2.45) is 17.4 Å². The standard InChI is InChI=1S/C16H22N3O6/c1-8(5-12(20)21)10(17)6-11-13(22)14(23)16(25-11)19-4-2-3-9(7-19)15(18)24/h2-4,6-8,10-11,13-14,16,22-23H,5,17H2,1H3,(H2-,18,20,21,24)/p+1/t8-,10-,11-,13-,14-,16-/m1/s1. The molecule has 1 amide bonds. The van der Waals surface area contributed by atoms with Crippen LogP contribution in [0, 0.1) is 12.3 Å². The summed E-state index contributed by atoms with van der Waals surface area (Å²) < 4.78 is 7.10. The fourth-order valence-corrected chi connectivity index (χ4v) is 2.71. The number of primary amides is 1. The molecule has 9 heteroatoms. The maximum atomic E-state index is 11.3. The number of rotatable bonds is 7. The molecule has 1 radical (unpaired) electrons. The van der Waals surface area contributed by atoms with Gasteiger partial charge in [0.1, 0.15) is 11.7 Å². The lowest BCUT2D eigenvalue weighted by atomic mass is 9.92. The molecule has 9 nitrogen and oxygen atoms in total. The van der Waals surface area contributed by atoms with Crippen LogP contribution in [0.4, 0.5) is 0 Å². The molecule has 0 bridgehead atoms. The lowest BCUT2D eigenvalue weighted by molar-refractivity contribution is -0.765. The predicted octanol–water partition coefficient (Wildman–Crippen LogP) is -1.67. The molecule has 6 atom stereocenters. The Labute approximate surface area is 144 Å². The Morgan fingerprint density at radius 2 is 2.08 bits per heavy atom. The first kappa shape index (κ1) is 19.3. The van der Waals surface area contributed by atoms with E-state index in [1.165, 1.54) is 23.3 Å². The van der Waals surface area contributed by atoms with E-state index in [-0.39, 0.29) is 17.9 Å². The number of pyridine rings is 1. The first-order valence-electron chi connectivity index (χ1n) is 7.85. The highest BCUT2D eigenvalue weighted by Gasteiger charge is 2.48. The van der Waals surface area contributed by atoms with Crippen molar-refractivity contribution in [3.8, 4) is 0 Å². The van der Waals surface area contributed by atoms with E-state index in [0.29, 0.717) is 0 Å².